The second-order valence-electron chi connectivity index (χ2n) is 7.88. The first-order chi connectivity index (χ1) is 14.1. The number of urea groups is 1. The van der Waals surface area contributed by atoms with E-state index in [4.69, 9.17) is 5.73 Å². The van der Waals surface area contributed by atoms with E-state index in [-0.39, 0.29) is 11.9 Å². The zero-order chi connectivity index (χ0) is 20.0. The molecule has 1 atom stereocenters. The van der Waals surface area contributed by atoms with Crippen LogP contribution in [0.2, 0.25) is 0 Å². The van der Waals surface area contributed by atoms with Gasteiger partial charge in [0, 0.05) is 47.9 Å². The lowest BCUT2D eigenvalue weighted by atomic mass is 9.94. The van der Waals surface area contributed by atoms with Gasteiger partial charge in [0.05, 0.1) is 6.04 Å². The number of nitrogens with zero attached hydrogens (tertiary/aromatic N) is 2. The number of carbonyl (C=O) groups excluding carboxylic acids is 2. The summed E-state index contributed by atoms with van der Waals surface area (Å²) in [5.41, 5.74) is 10.4. The van der Waals surface area contributed by atoms with Crippen molar-refractivity contribution in [3.05, 3.63) is 70.9 Å². The summed E-state index contributed by atoms with van der Waals surface area (Å²) in [6, 6.07) is 13.1. The Morgan fingerprint density at radius 3 is 2.55 bits per heavy atom. The second kappa shape index (κ2) is 6.95. The highest BCUT2D eigenvalue weighted by Gasteiger charge is 2.37. The van der Waals surface area contributed by atoms with Crippen molar-refractivity contribution in [3.8, 4) is 0 Å². The van der Waals surface area contributed by atoms with Gasteiger partial charge in [0.25, 0.3) is 5.91 Å². The van der Waals surface area contributed by atoms with Gasteiger partial charge in [-0.25, -0.2) is 4.79 Å². The molecule has 29 heavy (non-hydrogen) atoms. The van der Waals surface area contributed by atoms with Crippen molar-refractivity contribution in [1.82, 2.24) is 14.8 Å². The Bertz CT molecular complexity index is 1100. The van der Waals surface area contributed by atoms with Crippen LogP contribution in [0.15, 0.2) is 48.7 Å². The van der Waals surface area contributed by atoms with Crippen LogP contribution >= 0.6 is 0 Å². The fourth-order valence-corrected chi connectivity index (χ4v) is 4.80. The zero-order valence-electron chi connectivity index (χ0n) is 16.2. The molecule has 1 unspecified atom stereocenters. The number of para-hydroxylation sites is 1. The van der Waals surface area contributed by atoms with Gasteiger partial charge in [-0.1, -0.05) is 30.3 Å². The SMILES string of the molecule is NC(=O)N1Cc2c(C(=O)N3CCCCC3)cccc2C1c1c[nH]c2ccccc12. The van der Waals surface area contributed by atoms with Gasteiger partial charge in [-0.15, -0.1) is 0 Å². The molecule has 2 aliphatic rings. The molecule has 0 saturated carbocycles. The second-order valence-corrected chi connectivity index (χ2v) is 7.88. The largest absolute Gasteiger partial charge is 0.361 e. The fraction of sp³-hybridized carbons (Fsp3) is 0.304. The summed E-state index contributed by atoms with van der Waals surface area (Å²) in [7, 11) is 0. The quantitative estimate of drug-likeness (QED) is 0.700. The van der Waals surface area contributed by atoms with Gasteiger partial charge in [0.15, 0.2) is 0 Å². The number of aromatic amines is 1. The average molecular weight is 388 g/mol. The maximum Gasteiger partial charge on any atom is 0.315 e. The Kier molecular flexibility index (Phi) is 4.27. The van der Waals surface area contributed by atoms with Crippen LogP contribution < -0.4 is 5.73 Å². The number of rotatable bonds is 2. The normalized spacial score (nSPS) is 18.8. The number of carbonyl (C=O) groups is 2. The molecular formula is C23H24N4O2. The smallest absolute Gasteiger partial charge is 0.315 e. The highest BCUT2D eigenvalue weighted by atomic mass is 16.2. The first-order valence-corrected chi connectivity index (χ1v) is 10.2. The molecule has 2 aromatic carbocycles. The van der Waals surface area contributed by atoms with Gasteiger partial charge in [0.2, 0.25) is 0 Å². The van der Waals surface area contributed by atoms with Crippen LogP contribution in [0.1, 0.15) is 52.4 Å². The minimum atomic E-state index is -0.479. The van der Waals surface area contributed by atoms with Crippen LogP contribution in [0.5, 0.6) is 0 Å². The predicted molar refractivity (Wildman–Crippen MR) is 111 cm³/mol. The molecule has 3 heterocycles. The molecule has 0 spiro atoms. The van der Waals surface area contributed by atoms with Crippen molar-refractivity contribution < 1.29 is 9.59 Å². The van der Waals surface area contributed by atoms with Gasteiger partial charge in [0.1, 0.15) is 0 Å². The highest BCUT2D eigenvalue weighted by Crippen LogP contribution is 2.42. The van der Waals surface area contributed by atoms with Crippen molar-refractivity contribution >= 4 is 22.8 Å². The maximum atomic E-state index is 13.2. The molecule has 1 fully saturated rings. The summed E-state index contributed by atoms with van der Waals surface area (Å²) in [5.74, 6) is 0.0607. The number of piperidine rings is 1. The van der Waals surface area contributed by atoms with Gasteiger partial charge in [-0.05, 0) is 42.5 Å². The first kappa shape index (κ1) is 17.8. The topological polar surface area (TPSA) is 82.4 Å². The van der Waals surface area contributed by atoms with Crippen molar-refractivity contribution in [2.24, 2.45) is 5.73 Å². The number of likely N-dealkylation sites (tertiary alicyclic amines) is 1. The van der Waals surface area contributed by atoms with Crippen LogP contribution in [0.4, 0.5) is 4.79 Å². The minimum absolute atomic E-state index is 0.0607. The van der Waals surface area contributed by atoms with Crippen LogP contribution in [0.25, 0.3) is 10.9 Å². The molecule has 2 aliphatic heterocycles. The van der Waals surface area contributed by atoms with Crippen LogP contribution in [0, 0.1) is 0 Å². The molecule has 6 nitrogen and oxygen atoms in total. The number of aromatic nitrogens is 1. The summed E-state index contributed by atoms with van der Waals surface area (Å²) in [6.45, 7) is 1.95. The summed E-state index contributed by atoms with van der Waals surface area (Å²) in [4.78, 5) is 32.5. The van der Waals surface area contributed by atoms with Crippen LogP contribution in [0.3, 0.4) is 0 Å². The molecular weight excluding hydrogens is 364 g/mol. The monoisotopic (exact) mass is 388 g/mol. The van der Waals surface area contributed by atoms with Crippen molar-refractivity contribution in [2.45, 2.75) is 31.8 Å². The van der Waals surface area contributed by atoms with E-state index in [0.717, 1.165) is 53.5 Å². The molecule has 0 bridgehead atoms. The van der Waals surface area contributed by atoms with Crippen molar-refractivity contribution in [3.63, 3.8) is 0 Å². The number of amides is 3. The molecule has 3 aromatic rings. The third-order valence-corrected chi connectivity index (χ3v) is 6.22. The molecule has 1 aromatic heterocycles. The van der Waals surface area contributed by atoms with E-state index in [1.807, 2.05) is 53.6 Å². The Morgan fingerprint density at radius 2 is 1.76 bits per heavy atom. The predicted octanol–water partition coefficient (Wildman–Crippen LogP) is 3.78. The molecule has 148 valence electrons. The number of fused-ring (bicyclic) bond motifs is 2. The van der Waals surface area contributed by atoms with E-state index in [0.29, 0.717) is 12.1 Å². The fourth-order valence-electron chi connectivity index (χ4n) is 4.80. The summed E-state index contributed by atoms with van der Waals surface area (Å²) in [6.07, 6.45) is 5.21. The zero-order valence-corrected chi connectivity index (χ0v) is 16.2. The Hall–Kier alpha value is -3.28. The minimum Gasteiger partial charge on any atom is -0.361 e. The highest BCUT2D eigenvalue weighted by molar-refractivity contribution is 5.97. The summed E-state index contributed by atoms with van der Waals surface area (Å²) < 4.78 is 0. The first-order valence-electron chi connectivity index (χ1n) is 10.2. The van der Waals surface area contributed by atoms with Gasteiger partial charge >= 0.3 is 6.03 Å². The molecule has 3 N–H and O–H groups in total. The van der Waals surface area contributed by atoms with Crippen LogP contribution in [-0.2, 0) is 6.54 Å². The lowest BCUT2D eigenvalue weighted by Crippen LogP contribution is -2.36. The number of hydrogen-bond acceptors (Lipinski definition) is 2. The van der Waals surface area contributed by atoms with E-state index in [2.05, 4.69) is 4.98 Å². The lowest BCUT2D eigenvalue weighted by Gasteiger charge is -2.27. The summed E-state index contributed by atoms with van der Waals surface area (Å²) in [5, 5.41) is 1.06. The number of primary amides is 1. The molecule has 0 aliphatic carbocycles. The van der Waals surface area contributed by atoms with Gasteiger partial charge in [-0.2, -0.15) is 0 Å². The standard InChI is InChI=1S/C23H24N4O2/c24-23(29)27-14-19-16(21(27)18-13-25-20-10-3-2-7-15(18)20)8-6-9-17(19)22(28)26-11-4-1-5-12-26/h2-3,6-10,13,21,25H,1,4-5,11-12,14H2,(H2,24,29). The third-order valence-electron chi connectivity index (χ3n) is 6.22. The molecule has 0 radical (unpaired) electrons. The van der Waals surface area contributed by atoms with E-state index in [1.165, 1.54) is 6.42 Å². The Morgan fingerprint density at radius 1 is 0.966 bits per heavy atom. The molecule has 5 rings (SSSR count). The lowest BCUT2D eigenvalue weighted by molar-refractivity contribution is 0.0722. The van der Waals surface area contributed by atoms with E-state index < -0.39 is 6.03 Å². The average Bonchev–Trinajstić information content (AvgIpc) is 3.35. The number of hydrogen-bond donors (Lipinski definition) is 2. The molecule has 1 saturated heterocycles. The number of nitrogens with two attached hydrogens (primary N) is 1. The van der Waals surface area contributed by atoms with Crippen molar-refractivity contribution in [2.75, 3.05) is 13.1 Å². The van der Waals surface area contributed by atoms with Crippen molar-refractivity contribution in [1.29, 1.82) is 0 Å². The van der Waals surface area contributed by atoms with E-state index in [1.54, 1.807) is 4.90 Å². The summed E-state index contributed by atoms with van der Waals surface area (Å²) >= 11 is 0. The van der Waals surface area contributed by atoms with E-state index in [9.17, 15) is 9.59 Å². The van der Waals surface area contributed by atoms with Crippen LogP contribution in [-0.4, -0.2) is 39.8 Å². The third kappa shape index (κ3) is 2.87. The molecule has 3 amide bonds. The Balaban J connectivity index is 1.61. The van der Waals surface area contributed by atoms with Gasteiger partial charge < -0.3 is 20.5 Å². The maximum absolute atomic E-state index is 13.2. The van der Waals surface area contributed by atoms with Gasteiger partial charge in [-0.3, -0.25) is 4.79 Å². The Labute approximate surface area is 169 Å². The molecule has 6 heteroatoms. The number of nitrogens with one attached hydrogen (secondary N) is 1. The number of H-pyrrole nitrogens is 1. The number of benzene rings is 2. The van der Waals surface area contributed by atoms with E-state index >= 15 is 0 Å².